The molecule has 2 amide bonds. The van der Waals surface area contributed by atoms with E-state index in [2.05, 4.69) is 16.0 Å². The Balaban J connectivity index is 1.27. The third-order valence-electron chi connectivity index (χ3n) is 5.89. The second kappa shape index (κ2) is 7.72. The Morgan fingerprint density at radius 3 is 2.39 bits per heavy atom. The summed E-state index contributed by atoms with van der Waals surface area (Å²) < 4.78 is 12.9. The number of hydrogen-bond donors (Lipinski definition) is 3. The van der Waals surface area contributed by atoms with Crippen LogP contribution in [0, 0.1) is 17.2 Å². The summed E-state index contributed by atoms with van der Waals surface area (Å²) in [5.74, 6) is -0.360. The summed E-state index contributed by atoms with van der Waals surface area (Å²) >= 11 is 0. The fourth-order valence-corrected chi connectivity index (χ4v) is 4.02. The molecule has 146 valence electrons. The van der Waals surface area contributed by atoms with Crippen LogP contribution in [-0.4, -0.2) is 24.9 Å². The van der Waals surface area contributed by atoms with Gasteiger partial charge in [-0.25, -0.2) is 4.39 Å². The number of hydrogen-bond acceptors (Lipinski definition) is 3. The smallest absolute Gasteiger partial charge is 0.255 e. The van der Waals surface area contributed by atoms with Crippen LogP contribution in [-0.2, 0) is 11.3 Å². The lowest BCUT2D eigenvalue weighted by atomic mass is 9.92. The third kappa shape index (κ3) is 4.07. The maximum Gasteiger partial charge on any atom is 0.255 e. The lowest BCUT2D eigenvalue weighted by Crippen LogP contribution is -2.33. The van der Waals surface area contributed by atoms with Gasteiger partial charge >= 0.3 is 0 Å². The highest BCUT2D eigenvalue weighted by Crippen LogP contribution is 2.58. The van der Waals surface area contributed by atoms with Crippen LogP contribution in [0.15, 0.2) is 48.5 Å². The number of piperidine rings is 1. The van der Waals surface area contributed by atoms with E-state index in [4.69, 9.17) is 0 Å². The fourth-order valence-electron chi connectivity index (χ4n) is 4.02. The topological polar surface area (TPSA) is 70.2 Å². The van der Waals surface area contributed by atoms with Gasteiger partial charge in [-0.05, 0) is 79.7 Å². The maximum atomic E-state index is 12.9. The zero-order valence-corrected chi connectivity index (χ0v) is 15.6. The summed E-state index contributed by atoms with van der Waals surface area (Å²) in [7, 11) is 0. The van der Waals surface area contributed by atoms with Crippen molar-refractivity contribution >= 4 is 17.5 Å². The highest BCUT2D eigenvalue weighted by molar-refractivity contribution is 6.04. The van der Waals surface area contributed by atoms with E-state index in [1.807, 2.05) is 12.1 Å². The lowest BCUT2D eigenvalue weighted by molar-refractivity contribution is -0.123. The van der Waals surface area contributed by atoms with Crippen LogP contribution in [0.5, 0.6) is 0 Å². The average molecular weight is 381 g/mol. The van der Waals surface area contributed by atoms with E-state index in [9.17, 15) is 14.0 Å². The van der Waals surface area contributed by atoms with Gasteiger partial charge in [-0.2, -0.15) is 0 Å². The highest BCUT2D eigenvalue weighted by Gasteiger charge is 2.57. The molecule has 0 aromatic heterocycles. The van der Waals surface area contributed by atoms with E-state index >= 15 is 0 Å². The molecule has 1 atom stereocenters. The van der Waals surface area contributed by atoms with Gasteiger partial charge in [-0.1, -0.05) is 12.1 Å². The quantitative estimate of drug-likeness (QED) is 0.745. The summed E-state index contributed by atoms with van der Waals surface area (Å²) in [5, 5.41) is 9.17. The van der Waals surface area contributed by atoms with Crippen LogP contribution in [0.4, 0.5) is 10.1 Å². The molecule has 1 saturated carbocycles. The summed E-state index contributed by atoms with van der Waals surface area (Å²) in [4.78, 5) is 24.6. The molecule has 0 radical (unpaired) electrons. The SMILES string of the molecule is O=C(Nc1ccc(CNC(=O)C2CC23CCNCC3)cc1)c1ccc(F)cc1. The van der Waals surface area contributed by atoms with Crippen molar-refractivity contribution in [1.29, 1.82) is 0 Å². The van der Waals surface area contributed by atoms with E-state index in [-0.39, 0.29) is 29.0 Å². The predicted molar refractivity (Wildman–Crippen MR) is 105 cm³/mol. The van der Waals surface area contributed by atoms with E-state index in [1.54, 1.807) is 12.1 Å². The molecule has 2 fully saturated rings. The van der Waals surface area contributed by atoms with Crippen molar-refractivity contribution < 1.29 is 14.0 Å². The van der Waals surface area contributed by atoms with Gasteiger partial charge in [0.2, 0.25) is 5.91 Å². The lowest BCUT2D eigenvalue weighted by Gasteiger charge is -2.23. The third-order valence-corrected chi connectivity index (χ3v) is 5.89. The summed E-state index contributed by atoms with van der Waals surface area (Å²) in [6, 6.07) is 12.8. The molecule has 1 saturated heterocycles. The zero-order chi connectivity index (χ0) is 19.6. The van der Waals surface area contributed by atoms with Gasteiger partial charge in [0, 0.05) is 23.7 Å². The van der Waals surface area contributed by atoms with Gasteiger partial charge < -0.3 is 16.0 Å². The minimum atomic E-state index is -0.375. The van der Waals surface area contributed by atoms with E-state index in [1.165, 1.54) is 24.3 Å². The summed E-state index contributed by atoms with van der Waals surface area (Å²) in [6.07, 6.45) is 3.19. The molecule has 3 N–H and O–H groups in total. The molecule has 1 spiro atoms. The Morgan fingerprint density at radius 1 is 1.04 bits per heavy atom. The molecule has 0 bridgehead atoms. The minimum Gasteiger partial charge on any atom is -0.352 e. The molecule has 6 heteroatoms. The Hall–Kier alpha value is -2.73. The molecule has 1 unspecified atom stereocenters. The number of nitrogens with one attached hydrogen (secondary N) is 3. The van der Waals surface area contributed by atoms with E-state index in [0.29, 0.717) is 17.8 Å². The molecule has 2 aromatic rings. The second-order valence-electron chi connectivity index (χ2n) is 7.74. The Labute approximate surface area is 163 Å². The molecule has 1 heterocycles. The number of carbonyl (C=O) groups is 2. The number of carbonyl (C=O) groups excluding carboxylic acids is 2. The Bertz CT molecular complexity index is 858. The van der Waals surface area contributed by atoms with E-state index in [0.717, 1.165) is 37.9 Å². The monoisotopic (exact) mass is 381 g/mol. The molecule has 2 aliphatic rings. The van der Waals surface area contributed by atoms with Gasteiger partial charge in [-0.3, -0.25) is 9.59 Å². The van der Waals surface area contributed by atoms with Crippen LogP contribution < -0.4 is 16.0 Å². The molecule has 1 aliphatic carbocycles. The van der Waals surface area contributed by atoms with Crippen molar-refractivity contribution in [2.24, 2.45) is 11.3 Å². The Kier molecular flexibility index (Phi) is 5.13. The standard InChI is InChI=1S/C22H24FN3O2/c23-17-5-3-16(4-6-17)20(27)26-18-7-1-15(2-8-18)14-25-21(28)19-13-22(19)9-11-24-12-10-22/h1-8,19,24H,9-14H2,(H,25,28)(H,26,27). The minimum absolute atomic E-state index is 0.149. The van der Waals surface area contributed by atoms with Crippen LogP contribution in [0.2, 0.25) is 0 Å². The van der Waals surface area contributed by atoms with Gasteiger partial charge in [0.15, 0.2) is 0 Å². The van der Waals surface area contributed by atoms with Gasteiger partial charge in [-0.15, -0.1) is 0 Å². The number of benzene rings is 2. The van der Waals surface area contributed by atoms with Crippen LogP contribution in [0.1, 0.15) is 35.2 Å². The normalized spacial score (nSPS) is 19.8. The zero-order valence-electron chi connectivity index (χ0n) is 15.6. The summed E-state index contributed by atoms with van der Waals surface area (Å²) in [5.41, 5.74) is 2.27. The molecule has 1 aliphatic heterocycles. The van der Waals surface area contributed by atoms with Crippen LogP contribution in [0.3, 0.4) is 0 Å². The summed E-state index contributed by atoms with van der Waals surface area (Å²) in [6.45, 7) is 2.50. The van der Waals surface area contributed by atoms with Crippen molar-refractivity contribution in [2.45, 2.75) is 25.8 Å². The van der Waals surface area contributed by atoms with Crippen LogP contribution >= 0.6 is 0 Å². The first-order valence-electron chi connectivity index (χ1n) is 9.70. The number of anilines is 1. The maximum absolute atomic E-state index is 12.9. The predicted octanol–water partition coefficient (Wildman–Crippen LogP) is 3.08. The Morgan fingerprint density at radius 2 is 1.71 bits per heavy atom. The van der Waals surface area contributed by atoms with Crippen molar-refractivity contribution in [1.82, 2.24) is 10.6 Å². The van der Waals surface area contributed by atoms with Crippen molar-refractivity contribution in [3.05, 3.63) is 65.5 Å². The average Bonchev–Trinajstić information content (AvgIpc) is 3.41. The molecule has 28 heavy (non-hydrogen) atoms. The van der Waals surface area contributed by atoms with Crippen molar-refractivity contribution in [3.8, 4) is 0 Å². The first-order chi connectivity index (χ1) is 13.6. The number of amides is 2. The molecule has 2 aromatic carbocycles. The fraction of sp³-hybridized carbons (Fsp3) is 0.364. The van der Waals surface area contributed by atoms with Crippen molar-refractivity contribution in [2.75, 3.05) is 18.4 Å². The van der Waals surface area contributed by atoms with Gasteiger partial charge in [0.25, 0.3) is 5.91 Å². The van der Waals surface area contributed by atoms with Gasteiger partial charge in [0.05, 0.1) is 0 Å². The highest BCUT2D eigenvalue weighted by atomic mass is 19.1. The largest absolute Gasteiger partial charge is 0.352 e. The molecular weight excluding hydrogens is 357 g/mol. The molecule has 5 nitrogen and oxygen atoms in total. The first kappa shape index (κ1) is 18.6. The van der Waals surface area contributed by atoms with Crippen molar-refractivity contribution in [3.63, 3.8) is 0 Å². The van der Waals surface area contributed by atoms with Gasteiger partial charge in [0.1, 0.15) is 5.82 Å². The van der Waals surface area contributed by atoms with Crippen LogP contribution in [0.25, 0.3) is 0 Å². The molecular formula is C22H24FN3O2. The number of rotatable bonds is 5. The second-order valence-corrected chi connectivity index (χ2v) is 7.74. The molecule has 4 rings (SSSR count). The first-order valence-corrected chi connectivity index (χ1v) is 9.70. The number of halogens is 1. The van der Waals surface area contributed by atoms with E-state index < -0.39 is 0 Å².